The molecule has 4 aromatic heterocycles. The Hall–Kier alpha value is -3.77. The molecule has 0 aromatic carbocycles. The Bertz CT molecular complexity index is 1340. The number of fused-ring (bicyclic) bond motifs is 1. The van der Waals surface area contributed by atoms with Gasteiger partial charge in [-0.15, -0.1) is 0 Å². The molecule has 4 aromatic rings. The smallest absolute Gasteiger partial charge is 0.222 e. The summed E-state index contributed by atoms with van der Waals surface area (Å²) in [6, 6.07) is 2.17. The number of likely N-dealkylation sites (tertiary alicyclic amines) is 1. The van der Waals surface area contributed by atoms with Crippen molar-refractivity contribution < 1.29 is 14.3 Å². The summed E-state index contributed by atoms with van der Waals surface area (Å²) in [6.07, 6.45) is 11.5. The molecule has 0 aliphatic carbocycles. The number of aliphatic hydroxyl groups excluding tert-OH is 1. The molecule has 5 heterocycles. The van der Waals surface area contributed by atoms with E-state index in [-0.39, 0.29) is 18.6 Å². The van der Waals surface area contributed by atoms with Gasteiger partial charge in [0.15, 0.2) is 5.82 Å². The zero-order chi connectivity index (χ0) is 27.2. The molecule has 0 unspecified atom stereocenters. The normalized spacial score (nSPS) is 15.6. The summed E-state index contributed by atoms with van der Waals surface area (Å²) < 4.78 is 13.0. The number of methoxy groups -OCH3 is 1. The van der Waals surface area contributed by atoms with Crippen molar-refractivity contribution in [3.63, 3.8) is 0 Å². The van der Waals surface area contributed by atoms with Gasteiger partial charge in [-0.1, -0.05) is 13.3 Å². The molecule has 1 fully saturated rings. The number of hydrogen-bond acceptors (Lipinski definition) is 11. The van der Waals surface area contributed by atoms with Gasteiger partial charge in [0.1, 0.15) is 28.7 Å². The molecule has 4 N–H and O–H groups in total. The highest BCUT2D eigenvalue weighted by Crippen LogP contribution is 2.32. The molecule has 12 nitrogen and oxygen atoms in total. The maximum Gasteiger partial charge on any atom is 0.222 e. The minimum atomic E-state index is 0.0644. The van der Waals surface area contributed by atoms with Gasteiger partial charge in [-0.05, 0) is 56.3 Å². The lowest BCUT2D eigenvalue weighted by Gasteiger charge is -2.31. The monoisotopic (exact) mass is 535 g/mol. The zero-order valence-electron chi connectivity index (χ0n) is 22.6. The Balaban J connectivity index is 1.33. The summed E-state index contributed by atoms with van der Waals surface area (Å²) in [5, 5.41) is 17.5. The lowest BCUT2D eigenvalue weighted by atomic mass is 9.90. The summed E-state index contributed by atoms with van der Waals surface area (Å²) in [4.78, 5) is 20.3. The Morgan fingerprint density at radius 1 is 1.18 bits per heavy atom. The number of ether oxygens (including phenoxy) is 1. The quantitative estimate of drug-likeness (QED) is 0.245. The average molecular weight is 536 g/mol. The average Bonchev–Trinajstić information content (AvgIpc) is 3.60. The number of nitrogen functional groups attached to an aromatic ring is 1. The molecule has 0 saturated carbocycles. The number of oxazole rings is 1. The van der Waals surface area contributed by atoms with Crippen LogP contribution in [0.5, 0.6) is 5.75 Å². The van der Waals surface area contributed by atoms with Gasteiger partial charge in [0, 0.05) is 18.8 Å². The van der Waals surface area contributed by atoms with E-state index < -0.39 is 0 Å². The second-order valence-electron chi connectivity index (χ2n) is 10.0. The number of hydrogen-bond donors (Lipinski definition) is 3. The third-order valence-electron chi connectivity index (χ3n) is 7.33. The minimum Gasteiger partial charge on any atom is -0.495 e. The van der Waals surface area contributed by atoms with Crippen LogP contribution in [0.4, 0.5) is 11.8 Å². The number of aromatic nitrogens is 6. The van der Waals surface area contributed by atoms with E-state index >= 15 is 0 Å². The summed E-state index contributed by atoms with van der Waals surface area (Å²) in [6.45, 7) is 5.29. The van der Waals surface area contributed by atoms with E-state index in [1.165, 1.54) is 5.56 Å². The fraction of sp³-hybridized carbons (Fsp3) is 0.519. The van der Waals surface area contributed by atoms with E-state index in [9.17, 15) is 5.11 Å². The highest BCUT2D eigenvalue weighted by molar-refractivity contribution is 5.86. The van der Waals surface area contributed by atoms with Crippen molar-refractivity contribution in [2.24, 2.45) is 0 Å². The predicted octanol–water partition coefficient (Wildman–Crippen LogP) is 3.19. The van der Waals surface area contributed by atoms with E-state index in [0.717, 1.165) is 68.2 Å². The topological polar surface area (TPSA) is 153 Å². The first kappa shape index (κ1) is 26.8. The molecule has 1 aliphatic rings. The Labute approximate surface area is 227 Å². The predicted molar refractivity (Wildman–Crippen MR) is 147 cm³/mol. The maximum absolute atomic E-state index is 9.51. The van der Waals surface area contributed by atoms with Gasteiger partial charge in [0.2, 0.25) is 11.8 Å². The van der Waals surface area contributed by atoms with Crippen molar-refractivity contribution in [2.75, 3.05) is 37.9 Å². The van der Waals surface area contributed by atoms with Crippen LogP contribution in [0.2, 0.25) is 0 Å². The molecule has 1 saturated heterocycles. The van der Waals surface area contributed by atoms with Crippen LogP contribution in [0, 0.1) is 0 Å². The van der Waals surface area contributed by atoms with Crippen LogP contribution < -0.4 is 15.8 Å². The summed E-state index contributed by atoms with van der Waals surface area (Å²) in [5.41, 5.74) is 9.34. The number of aliphatic hydroxyl groups is 1. The molecule has 39 heavy (non-hydrogen) atoms. The Morgan fingerprint density at radius 3 is 2.74 bits per heavy atom. The lowest BCUT2D eigenvalue weighted by molar-refractivity contribution is 0.187. The summed E-state index contributed by atoms with van der Waals surface area (Å²) in [7, 11) is 1.67. The van der Waals surface area contributed by atoms with Crippen LogP contribution in [0.25, 0.3) is 11.0 Å². The van der Waals surface area contributed by atoms with Crippen LogP contribution in [0.3, 0.4) is 0 Å². The van der Waals surface area contributed by atoms with Gasteiger partial charge in [-0.3, -0.25) is 14.6 Å². The molecule has 0 spiro atoms. The van der Waals surface area contributed by atoms with E-state index in [0.29, 0.717) is 30.2 Å². The largest absolute Gasteiger partial charge is 0.495 e. The number of piperidine rings is 1. The van der Waals surface area contributed by atoms with Crippen LogP contribution in [-0.4, -0.2) is 72.6 Å². The molecule has 5 rings (SSSR count). The summed E-state index contributed by atoms with van der Waals surface area (Å²) >= 11 is 0. The van der Waals surface area contributed by atoms with Crippen molar-refractivity contribution in [2.45, 2.75) is 64.1 Å². The van der Waals surface area contributed by atoms with Gasteiger partial charge < -0.3 is 25.3 Å². The van der Waals surface area contributed by atoms with E-state index in [1.807, 2.05) is 10.9 Å². The first-order valence-electron chi connectivity index (χ1n) is 13.6. The van der Waals surface area contributed by atoms with Crippen LogP contribution in [0.1, 0.15) is 62.1 Å². The molecular weight excluding hydrogens is 498 g/mol. The molecule has 208 valence electrons. The molecule has 12 heteroatoms. The van der Waals surface area contributed by atoms with Gasteiger partial charge in [0.05, 0.1) is 32.6 Å². The zero-order valence-corrected chi connectivity index (χ0v) is 22.6. The standard InChI is InChI=1S/C27H37N9O3/c1-3-4-20(7-11-37)32-26-25-21(33-27(28)34-26)15-31-36(25)16-22-23(38-2)13-19(14-30-22)18-5-9-35(10-6-18)17-24-29-8-12-39-24/h8,12-15,18,20,37H,3-7,9-11,16-17H2,1-2H3,(H3,28,32,33,34)/t20-/m0/s1. The molecular formula is C27H37N9O3. The Kier molecular flexibility index (Phi) is 8.52. The molecule has 1 aliphatic heterocycles. The summed E-state index contributed by atoms with van der Waals surface area (Å²) in [5.74, 6) is 2.69. The highest BCUT2D eigenvalue weighted by Gasteiger charge is 2.24. The van der Waals surface area contributed by atoms with Gasteiger partial charge in [0.25, 0.3) is 0 Å². The van der Waals surface area contributed by atoms with Crippen molar-refractivity contribution in [3.05, 3.63) is 48.1 Å². The van der Waals surface area contributed by atoms with Crippen molar-refractivity contribution in [1.82, 2.24) is 34.6 Å². The lowest BCUT2D eigenvalue weighted by Crippen LogP contribution is -2.32. The number of nitrogens with one attached hydrogen (secondary N) is 1. The number of anilines is 2. The fourth-order valence-corrected chi connectivity index (χ4v) is 5.32. The number of nitrogens with zero attached hydrogens (tertiary/aromatic N) is 7. The van der Waals surface area contributed by atoms with E-state index in [4.69, 9.17) is 19.9 Å². The molecule has 0 amide bonds. The van der Waals surface area contributed by atoms with Gasteiger partial charge in [-0.25, -0.2) is 9.97 Å². The van der Waals surface area contributed by atoms with Gasteiger partial charge >= 0.3 is 0 Å². The highest BCUT2D eigenvalue weighted by atomic mass is 16.5. The third kappa shape index (κ3) is 6.28. The number of nitrogens with two attached hydrogens (primary N) is 1. The number of pyridine rings is 1. The second kappa shape index (κ2) is 12.4. The maximum atomic E-state index is 9.51. The SMILES string of the molecule is CCC[C@@H](CCO)Nc1nc(N)nc2cnn(Cc3ncc(C4CCN(Cc5ncco5)CC4)cc3OC)c12. The fourth-order valence-electron chi connectivity index (χ4n) is 5.32. The van der Waals surface area contributed by atoms with Crippen LogP contribution in [0.15, 0.2) is 35.3 Å². The van der Waals surface area contributed by atoms with Crippen molar-refractivity contribution in [1.29, 1.82) is 0 Å². The van der Waals surface area contributed by atoms with E-state index in [1.54, 1.807) is 25.8 Å². The van der Waals surface area contributed by atoms with Gasteiger partial charge in [-0.2, -0.15) is 10.1 Å². The first-order valence-corrected chi connectivity index (χ1v) is 13.6. The molecule has 1 atom stereocenters. The van der Waals surface area contributed by atoms with Crippen LogP contribution in [-0.2, 0) is 13.1 Å². The molecule has 0 radical (unpaired) electrons. The number of rotatable bonds is 12. The third-order valence-corrected chi connectivity index (χ3v) is 7.33. The minimum absolute atomic E-state index is 0.0644. The van der Waals surface area contributed by atoms with E-state index in [2.05, 4.69) is 43.3 Å². The second-order valence-corrected chi connectivity index (χ2v) is 10.0. The first-order chi connectivity index (χ1) is 19.1. The van der Waals surface area contributed by atoms with Crippen molar-refractivity contribution >= 4 is 22.8 Å². The van der Waals surface area contributed by atoms with Crippen LogP contribution >= 0.6 is 0 Å². The Morgan fingerprint density at radius 2 is 2.03 bits per heavy atom. The molecule has 0 bridgehead atoms. The van der Waals surface area contributed by atoms with Crippen molar-refractivity contribution in [3.8, 4) is 5.75 Å².